The first-order chi connectivity index (χ1) is 11.5. The molecule has 0 aliphatic carbocycles. The third-order valence-corrected chi connectivity index (χ3v) is 4.16. The standard InChI is InChI=1S/C17H18N2O5/c20-15-5-1-2-8-18(15)11-13-6-7-14(24-13)16(21)19-9-3-4-12(10-19)17(22)23/h1-2,5-8,12H,3-4,9-11H2,(H,22,23)/t12-/m0/s1. The van der Waals surface area contributed by atoms with Crippen LogP contribution in [-0.4, -0.2) is 39.5 Å². The van der Waals surface area contributed by atoms with E-state index < -0.39 is 11.9 Å². The number of carboxylic acids is 1. The summed E-state index contributed by atoms with van der Waals surface area (Å²) in [6, 6.07) is 8.08. The topological polar surface area (TPSA) is 92.8 Å². The number of carbonyl (C=O) groups excluding carboxylic acids is 1. The molecule has 1 atom stereocenters. The van der Waals surface area contributed by atoms with Crippen molar-refractivity contribution in [3.63, 3.8) is 0 Å². The van der Waals surface area contributed by atoms with Crippen molar-refractivity contribution in [3.8, 4) is 0 Å². The number of hydrogen-bond acceptors (Lipinski definition) is 4. The van der Waals surface area contributed by atoms with Crippen LogP contribution in [0.4, 0.5) is 0 Å². The molecule has 1 fully saturated rings. The number of hydrogen-bond donors (Lipinski definition) is 1. The summed E-state index contributed by atoms with van der Waals surface area (Å²) in [4.78, 5) is 36.8. The minimum Gasteiger partial charge on any atom is -0.481 e. The van der Waals surface area contributed by atoms with Gasteiger partial charge in [-0.3, -0.25) is 14.4 Å². The Kier molecular flexibility index (Phi) is 4.50. The van der Waals surface area contributed by atoms with Gasteiger partial charge in [0.05, 0.1) is 12.5 Å². The zero-order chi connectivity index (χ0) is 17.1. The van der Waals surface area contributed by atoms with Crippen LogP contribution < -0.4 is 5.56 Å². The van der Waals surface area contributed by atoms with E-state index in [1.54, 1.807) is 30.5 Å². The van der Waals surface area contributed by atoms with Crippen molar-refractivity contribution in [1.29, 1.82) is 0 Å². The van der Waals surface area contributed by atoms with Gasteiger partial charge in [-0.25, -0.2) is 0 Å². The van der Waals surface area contributed by atoms with E-state index in [4.69, 9.17) is 9.52 Å². The number of rotatable bonds is 4. The van der Waals surface area contributed by atoms with Crippen molar-refractivity contribution >= 4 is 11.9 Å². The highest BCUT2D eigenvalue weighted by Gasteiger charge is 2.29. The Labute approximate surface area is 138 Å². The van der Waals surface area contributed by atoms with E-state index in [1.165, 1.54) is 15.5 Å². The van der Waals surface area contributed by atoms with Gasteiger partial charge in [-0.1, -0.05) is 6.07 Å². The molecule has 0 spiro atoms. The second-order valence-corrected chi connectivity index (χ2v) is 5.86. The van der Waals surface area contributed by atoms with E-state index in [0.717, 1.165) is 0 Å². The van der Waals surface area contributed by atoms with Gasteiger partial charge >= 0.3 is 5.97 Å². The Hall–Kier alpha value is -2.83. The molecule has 1 aliphatic heterocycles. The van der Waals surface area contributed by atoms with E-state index in [2.05, 4.69) is 0 Å². The first kappa shape index (κ1) is 16.0. The molecule has 126 valence electrons. The molecule has 3 rings (SSSR count). The summed E-state index contributed by atoms with van der Waals surface area (Å²) in [5.41, 5.74) is -0.151. The molecule has 0 unspecified atom stereocenters. The molecule has 1 saturated heterocycles. The maximum absolute atomic E-state index is 12.5. The Morgan fingerprint density at radius 2 is 2.08 bits per heavy atom. The van der Waals surface area contributed by atoms with E-state index in [-0.39, 0.29) is 30.3 Å². The Balaban J connectivity index is 1.71. The summed E-state index contributed by atoms with van der Waals surface area (Å²) < 4.78 is 7.04. The van der Waals surface area contributed by atoms with Gasteiger partial charge in [0, 0.05) is 25.4 Å². The summed E-state index contributed by atoms with van der Waals surface area (Å²) in [5, 5.41) is 9.11. The fraction of sp³-hybridized carbons (Fsp3) is 0.353. The molecule has 1 amide bonds. The van der Waals surface area contributed by atoms with Gasteiger partial charge in [-0.2, -0.15) is 0 Å². The van der Waals surface area contributed by atoms with Gasteiger partial charge < -0.3 is 19.0 Å². The molecule has 7 heteroatoms. The second-order valence-electron chi connectivity index (χ2n) is 5.86. The molecule has 0 aromatic carbocycles. The summed E-state index contributed by atoms with van der Waals surface area (Å²) in [5.74, 6) is -1.05. The largest absolute Gasteiger partial charge is 0.481 e. The predicted molar refractivity (Wildman–Crippen MR) is 84.8 cm³/mol. The van der Waals surface area contributed by atoms with Gasteiger partial charge in [0.1, 0.15) is 5.76 Å². The molecular formula is C17H18N2O5. The van der Waals surface area contributed by atoms with Crippen LogP contribution in [0.3, 0.4) is 0 Å². The smallest absolute Gasteiger partial charge is 0.308 e. The number of aromatic nitrogens is 1. The van der Waals surface area contributed by atoms with E-state index >= 15 is 0 Å². The quantitative estimate of drug-likeness (QED) is 0.915. The number of piperidine rings is 1. The minimum atomic E-state index is -0.879. The molecule has 1 N–H and O–H groups in total. The lowest BCUT2D eigenvalue weighted by Gasteiger charge is -2.29. The number of likely N-dealkylation sites (tertiary alicyclic amines) is 1. The first-order valence-electron chi connectivity index (χ1n) is 7.81. The SMILES string of the molecule is O=C(O)[C@H]1CCCN(C(=O)c2ccc(Cn3ccccc3=O)o2)C1. The monoisotopic (exact) mass is 330 g/mol. The van der Waals surface area contributed by atoms with Crippen molar-refractivity contribution < 1.29 is 19.1 Å². The fourth-order valence-corrected chi connectivity index (χ4v) is 2.86. The van der Waals surface area contributed by atoms with Gasteiger partial charge in [0.2, 0.25) is 0 Å². The Morgan fingerprint density at radius 3 is 2.83 bits per heavy atom. The zero-order valence-corrected chi connectivity index (χ0v) is 13.1. The number of furan rings is 1. The van der Waals surface area contributed by atoms with Gasteiger partial charge in [-0.15, -0.1) is 0 Å². The summed E-state index contributed by atoms with van der Waals surface area (Å²) in [6.45, 7) is 0.962. The van der Waals surface area contributed by atoms with Crippen molar-refractivity contribution in [2.75, 3.05) is 13.1 Å². The molecule has 0 radical (unpaired) electrons. The third kappa shape index (κ3) is 3.40. The average Bonchev–Trinajstić information content (AvgIpc) is 3.05. The van der Waals surface area contributed by atoms with Crippen molar-refractivity contribution in [3.05, 3.63) is 58.4 Å². The number of carboxylic acid groups (broad SMARTS) is 1. The minimum absolute atomic E-state index is 0.151. The lowest BCUT2D eigenvalue weighted by molar-refractivity contribution is -0.143. The molecule has 0 saturated carbocycles. The molecule has 2 aromatic rings. The maximum atomic E-state index is 12.5. The highest BCUT2D eigenvalue weighted by atomic mass is 16.4. The maximum Gasteiger partial charge on any atom is 0.308 e. The van der Waals surface area contributed by atoms with E-state index in [0.29, 0.717) is 25.1 Å². The van der Waals surface area contributed by atoms with Gasteiger partial charge in [0.15, 0.2) is 5.76 Å². The van der Waals surface area contributed by atoms with Crippen LogP contribution in [0, 0.1) is 5.92 Å². The average molecular weight is 330 g/mol. The Bertz CT molecular complexity index is 807. The Morgan fingerprint density at radius 1 is 1.25 bits per heavy atom. The molecule has 1 aliphatic rings. The second kappa shape index (κ2) is 6.74. The third-order valence-electron chi connectivity index (χ3n) is 4.16. The first-order valence-corrected chi connectivity index (χ1v) is 7.81. The number of pyridine rings is 1. The van der Waals surface area contributed by atoms with Crippen molar-refractivity contribution in [2.45, 2.75) is 19.4 Å². The molecule has 0 bridgehead atoms. The van der Waals surface area contributed by atoms with Crippen LogP contribution in [0.1, 0.15) is 29.2 Å². The summed E-state index contributed by atoms with van der Waals surface area (Å²) in [6.07, 6.45) is 2.89. The number of aliphatic carboxylic acids is 1. The van der Waals surface area contributed by atoms with Gasteiger partial charge in [-0.05, 0) is 31.0 Å². The van der Waals surface area contributed by atoms with Crippen LogP contribution >= 0.6 is 0 Å². The number of carbonyl (C=O) groups is 2. The van der Waals surface area contributed by atoms with E-state index in [1.807, 2.05) is 0 Å². The highest BCUT2D eigenvalue weighted by molar-refractivity contribution is 5.92. The molecule has 3 heterocycles. The van der Waals surface area contributed by atoms with E-state index in [9.17, 15) is 14.4 Å². The van der Waals surface area contributed by atoms with Crippen LogP contribution in [0.25, 0.3) is 0 Å². The fourth-order valence-electron chi connectivity index (χ4n) is 2.86. The highest BCUT2D eigenvalue weighted by Crippen LogP contribution is 2.20. The predicted octanol–water partition coefficient (Wildman–Crippen LogP) is 1.43. The summed E-state index contributed by atoms with van der Waals surface area (Å²) in [7, 11) is 0. The zero-order valence-electron chi connectivity index (χ0n) is 13.1. The van der Waals surface area contributed by atoms with Crippen molar-refractivity contribution in [2.24, 2.45) is 5.92 Å². The van der Waals surface area contributed by atoms with Crippen LogP contribution in [0.5, 0.6) is 0 Å². The van der Waals surface area contributed by atoms with Crippen LogP contribution in [0.2, 0.25) is 0 Å². The molecule has 2 aromatic heterocycles. The molecule has 24 heavy (non-hydrogen) atoms. The van der Waals surface area contributed by atoms with Crippen LogP contribution in [-0.2, 0) is 11.3 Å². The number of nitrogens with zero attached hydrogens (tertiary/aromatic N) is 2. The van der Waals surface area contributed by atoms with Crippen molar-refractivity contribution in [1.82, 2.24) is 9.47 Å². The number of amides is 1. The van der Waals surface area contributed by atoms with Crippen LogP contribution in [0.15, 0.2) is 45.7 Å². The lowest BCUT2D eigenvalue weighted by atomic mass is 9.98. The normalized spacial score (nSPS) is 17.7. The molecule has 7 nitrogen and oxygen atoms in total. The lowest BCUT2D eigenvalue weighted by Crippen LogP contribution is -2.42. The summed E-state index contributed by atoms with van der Waals surface area (Å²) >= 11 is 0. The van der Waals surface area contributed by atoms with Gasteiger partial charge in [0.25, 0.3) is 11.5 Å². The molecular weight excluding hydrogens is 312 g/mol.